The molecular weight excluding hydrogens is 298 g/mol. The van der Waals surface area contributed by atoms with Crippen molar-refractivity contribution in [3.63, 3.8) is 0 Å². The molecule has 24 heavy (non-hydrogen) atoms. The first-order valence-electron chi connectivity index (χ1n) is 7.82. The molecule has 0 saturated carbocycles. The van der Waals surface area contributed by atoms with Gasteiger partial charge in [0.1, 0.15) is 12.7 Å². The summed E-state index contributed by atoms with van der Waals surface area (Å²) >= 11 is 0. The molecule has 0 bridgehead atoms. The molecule has 0 aliphatic carbocycles. The maximum Gasteiger partial charge on any atom is 0.141 e. The predicted molar refractivity (Wildman–Crippen MR) is 95.2 cm³/mol. The molecule has 0 N–H and O–H groups in total. The highest BCUT2D eigenvalue weighted by molar-refractivity contribution is 5.99. The Labute approximate surface area is 139 Å². The van der Waals surface area contributed by atoms with Crippen molar-refractivity contribution in [3.05, 3.63) is 84.1 Å². The maximum atomic E-state index is 4.38. The molecule has 0 atom stereocenters. The maximum absolute atomic E-state index is 4.38. The van der Waals surface area contributed by atoms with Crippen molar-refractivity contribution in [2.24, 2.45) is 5.10 Å². The zero-order chi connectivity index (χ0) is 16.4. The molecule has 0 amide bonds. The van der Waals surface area contributed by atoms with Gasteiger partial charge in [0.25, 0.3) is 0 Å². The third-order valence-corrected chi connectivity index (χ3v) is 4.16. The second-order valence-electron chi connectivity index (χ2n) is 5.74. The van der Waals surface area contributed by atoms with Crippen molar-refractivity contribution in [3.8, 4) is 0 Å². The summed E-state index contributed by atoms with van der Waals surface area (Å²) in [6.07, 6.45) is 7.14. The normalized spacial score (nSPS) is 11.5. The van der Waals surface area contributed by atoms with Gasteiger partial charge in [-0.15, -0.1) is 10.2 Å². The lowest BCUT2D eigenvalue weighted by atomic mass is 10.1. The van der Waals surface area contributed by atoms with Crippen LogP contribution in [0.3, 0.4) is 0 Å². The van der Waals surface area contributed by atoms with Crippen LogP contribution in [0.2, 0.25) is 0 Å². The van der Waals surface area contributed by atoms with Gasteiger partial charge < -0.3 is 4.57 Å². The number of hydrogen-bond acceptors (Lipinski definition) is 3. The summed E-state index contributed by atoms with van der Waals surface area (Å²) in [6.45, 7) is 2.99. The standard InChI is InChI=1S/C19H17N5/c1-15-6-2-3-7-16(15)11-23-12-17(10-22-24-13-20-21-14-24)18-8-4-5-9-19(18)23/h2-10,12-14H,11H2,1H3/b22-10+. The van der Waals surface area contributed by atoms with Crippen LogP contribution in [-0.4, -0.2) is 25.7 Å². The molecule has 4 rings (SSSR count). The lowest BCUT2D eigenvalue weighted by Crippen LogP contribution is -1.99. The molecule has 0 spiro atoms. The lowest BCUT2D eigenvalue weighted by Gasteiger charge is -2.08. The molecule has 5 nitrogen and oxygen atoms in total. The Morgan fingerprint density at radius 3 is 2.58 bits per heavy atom. The first-order chi connectivity index (χ1) is 11.8. The number of fused-ring (bicyclic) bond motifs is 1. The number of rotatable bonds is 4. The fourth-order valence-electron chi connectivity index (χ4n) is 2.86. The summed E-state index contributed by atoms with van der Waals surface area (Å²) in [5.41, 5.74) is 4.90. The van der Waals surface area contributed by atoms with Gasteiger partial charge in [-0.25, -0.2) is 4.68 Å². The smallest absolute Gasteiger partial charge is 0.141 e. The molecule has 0 saturated heterocycles. The van der Waals surface area contributed by atoms with Gasteiger partial charge >= 0.3 is 0 Å². The molecule has 0 fully saturated rings. The van der Waals surface area contributed by atoms with E-state index in [0.29, 0.717) is 0 Å². The summed E-state index contributed by atoms with van der Waals surface area (Å²) < 4.78 is 3.86. The van der Waals surface area contributed by atoms with Gasteiger partial charge in [0.05, 0.1) is 6.21 Å². The van der Waals surface area contributed by atoms with E-state index in [9.17, 15) is 0 Å². The highest BCUT2D eigenvalue weighted by atomic mass is 15.4. The number of nitrogens with zero attached hydrogens (tertiary/aromatic N) is 5. The molecule has 2 aromatic heterocycles. The van der Waals surface area contributed by atoms with Crippen molar-refractivity contribution in [2.45, 2.75) is 13.5 Å². The zero-order valence-electron chi connectivity index (χ0n) is 13.4. The van der Waals surface area contributed by atoms with Gasteiger partial charge in [-0.1, -0.05) is 42.5 Å². The molecule has 0 unspecified atom stereocenters. The number of benzene rings is 2. The minimum Gasteiger partial charge on any atom is -0.342 e. The molecule has 4 aromatic rings. The minimum atomic E-state index is 0.841. The third kappa shape index (κ3) is 2.72. The SMILES string of the molecule is Cc1ccccc1Cn1cc(/C=N/n2cnnc2)c2ccccc21. The van der Waals surface area contributed by atoms with E-state index in [1.807, 2.05) is 6.21 Å². The molecule has 5 heteroatoms. The Morgan fingerprint density at radius 2 is 1.75 bits per heavy atom. The fraction of sp³-hybridized carbons (Fsp3) is 0.105. The van der Waals surface area contributed by atoms with Crippen molar-refractivity contribution in [2.75, 3.05) is 0 Å². The van der Waals surface area contributed by atoms with Crippen LogP contribution in [0.25, 0.3) is 10.9 Å². The molecule has 0 aliphatic heterocycles. The predicted octanol–water partition coefficient (Wildman–Crippen LogP) is 3.47. The van der Waals surface area contributed by atoms with Crippen LogP contribution in [-0.2, 0) is 6.54 Å². The number of aryl methyl sites for hydroxylation is 1. The summed E-state index contributed by atoms with van der Waals surface area (Å²) in [5.74, 6) is 0. The Hall–Kier alpha value is -3.21. The Bertz CT molecular complexity index is 996. The molecule has 0 aliphatic rings. The number of para-hydroxylation sites is 1. The van der Waals surface area contributed by atoms with E-state index in [-0.39, 0.29) is 0 Å². The molecular formula is C19H17N5. The summed E-state index contributed by atoms with van der Waals surface area (Å²) in [5, 5.41) is 13.1. The van der Waals surface area contributed by atoms with E-state index in [4.69, 9.17) is 0 Å². The number of hydrogen-bond donors (Lipinski definition) is 0. The first kappa shape index (κ1) is 14.4. The molecule has 2 aromatic carbocycles. The second-order valence-corrected chi connectivity index (χ2v) is 5.74. The van der Waals surface area contributed by atoms with Gasteiger partial charge in [-0.05, 0) is 24.1 Å². The van der Waals surface area contributed by atoms with E-state index in [1.54, 1.807) is 17.3 Å². The third-order valence-electron chi connectivity index (χ3n) is 4.16. The second kappa shape index (κ2) is 6.12. The minimum absolute atomic E-state index is 0.841. The first-order valence-corrected chi connectivity index (χ1v) is 7.82. The zero-order valence-corrected chi connectivity index (χ0v) is 13.4. The average molecular weight is 315 g/mol. The number of aromatic nitrogens is 4. The van der Waals surface area contributed by atoms with E-state index >= 15 is 0 Å². The topological polar surface area (TPSA) is 48.0 Å². The van der Waals surface area contributed by atoms with Crippen LogP contribution in [0.1, 0.15) is 16.7 Å². The summed E-state index contributed by atoms with van der Waals surface area (Å²) in [4.78, 5) is 0. The van der Waals surface area contributed by atoms with E-state index < -0.39 is 0 Å². The van der Waals surface area contributed by atoms with Gasteiger partial charge in [-0.3, -0.25) is 0 Å². The van der Waals surface area contributed by atoms with Gasteiger partial charge in [-0.2, -0.15) is 5.10 Å². The quantitative estimate of drug-likeness (QED) is 0.541. The van der Waals surface area contributed by atoms with E-state index in [1.165, 1.54) is 22.0 Å². The Balaban J connectivity index is 1.75. The van der Waals surface area contributed by atoms with Crippen molar-refractivity contribution >= 4 is 17.1 Å². The highest BCUT2D eigenvalue weighted by Crippen LogP contribution is 2.22. The monoisotopic (exact) mass is 315 g/mol. The van der Waals surface area contributed by atoms with Crippen LogP contribution < -0.4 is 0 Å². The van der Waals surface area contributed by atoms with Crippen LogP contribution in [0, 0.1) is 6.92 Å². The summed E-state index contributed by atoms with van der Waals surface area (Å²) in [7, 11) is 0. The van der Waals surface area contributed by atoms with Gasteiger partial charge in [0.2, 0.25) is 0 Å². The summed E-state index contributed by atoms with van der Waals surface area (Å²) in [6, 6.07) is 16.9. The van der Waals surface area contributed by atoms with Crippen LogP contribution in [0.15, 0.2) is 72.5 Å². The van der Waals surface area contributed by atoms with Gasteiger partial charge in [0, 0.05) is 29.2 Å². The fourth-order valence-corrected chi connectivity index (χ4v) is 2.86. The highest BCUT2D eigenvalue weighted by Gasteiger charge is 2.08. The Morgan fingerprint density at radius 1 is 1.00 bits per heavy atom. The Kier molecular flexibility index (Phi) is 3.67. The van der Waals surface area contributed by atoms with Crippen LogP contribution in [0.4, 0.5) is 0 Å². The van der Waals surface area contributed by atoms with Crippen LogP contribution >= 0.6 is 0 Å². The molecule has 0 radical (unpaired) electrons. The van der Waals surface area contributed by atoms with Gasteiger partial charge in [0.15, 0.2) is 0 Å². The van der Waals surface area contributed by atoms with E-state index in [2.05, 4.69) is 81.5 Å². The molecule has 118 valence electrons. The van der Waals surface area contributed by atoms with Crippen molar-refractivity contribution in [1.29, 1.82) is 0 Å². The van der Waals surface area contributed by atoms with E-state index in [0.717, 1.165) is 12.1 Å². The van der Waals surface area contributed by atoms with Crippen molar-refractivity contribution < 1.29 is 0 Å². The largest absolute Gasteiger partial charge is 0.342 e. The average Bonchev–Trinajstić information content (AvgIpc) is 3.24. The van der Waals surface area contributed by atoms with Crippen molar-refractivity contribution in [1.82, 2.24) is 19.4 Å². The molecule has 2 heterocycles. The van der Waals surface area contributed by atoms with Crippen LogP contribution in [0.5, 0.6) is 0 Å². The lowest BCUT2D eigenvalue weighted by molar-refractivity contribution is 0.829.